The Kier molecular flexibility index (Phi) is 2.92. The maximum atomic E-state index is 5.76. The van der Waals surface area contributed by atoms with E-state index >= 15 is 0 Å². The smallest absolute Gasteiger partial charge is 0.126 e. The van der Waals surface area contributed by atoms with E-state index in [9.17, 15) is 0 Å². The zero-order valence-corrected chi connectivity index (χ0v) is 8.86. The summed E-state index contributed by atoms with van der Waals surface area (Å²) >= 11 is 0. The molecule has 0 aliphatic carbocycles. The standard InChI is InChI=1S/C12H16N2O/c1-9(8-13)15-12-6-7-14-11-5-3-2-4-10(11)12/h2-6,9,14H,7-8,13H2,1H3. The summed E-state index contributed by atoms with van der Waals surface area (Å²) in [5.41, 5.74) is 7.78. The van der Waals surface area contributed by atoms with E-state index in [1.807, 2.05) is 19.1 Å². The molecule has 0 amide bonds. The highest BCUT2D eigenvalue weighted by Crippen LogP contribution is 2.28. The van der Waals surface area contributed by atoms with Gasteiger partial charge in [0.25, 0.3) is 0 Å². The molecule has 0 spiro atoms. The van der Waals surface area contributed by atoms with Crippen LogP contribution in [-0.4, -0.2) is 19.2 Å². The second-order valence-electron chi connectivity index (χ2n) is 3.66. The lowest BCUT2D eigenvalue weighted by Crippen LogP contribution is -2.21. The third kappa shape index (κ3) is 2.13. The summed E-state index contributed by atoms with van der Waals surface area (Å²) < 4.78 is 5.76. The number of rotatable bonds is 3. The van der Waals surface area contributed by atoms with E-state index in [-0.39, 0.29) is 6.10 Å². The number of nitrogens with two attached hydrogens (primary N) is 1. The SMILES string of the molecule is CC(CN)OC1=CCNc2ccccc21. The number of benzene rings is 1. The van der Waals surface area contributed by atoms with Crippen LogP contribution in [-0.2, 0) is 4.74 Å². The highest BCUT2D eigenvalue weighted by atomic mass is 16.5. The topological polar surface area (TPSA) is 47.3 Å². The Morgan fingerprint density at radius 3 is 3.07 bits per heavy atom. The summed E-state index contributed by atoms with van der Waals surface area (Å²) in [4.78, 5) is 0. The van der Waals surface area contributed by atoms with Crippen LogP contribution in [0.2, 0.25) is 0 Å². The average molecular weight is 204 g/mol. The molecule has 15 heavy (non-hydrogen) atoms. The quantitative estimate of drug-likeness (QED) is 0.789. The maximum absolute atomic E-state index is 5.76. The molecule has 0 fully saturated rings. The summed E-state index contributed by atoms with van der Waals surface area (Å²) in [5.74, 6) is 0.933. The minimum atomic E-state index is 0.0578. The highest BCUT2D eigenvalue weighted by Gasteiger charge is 2.14. The first kappa shape index (κ1) is 10.1. The van der Waals surface area contributed by atoms with Gasteiger partial charge in [0.1, 0.15) is 11.9 Å². The van der Waals surface area contributed by atoms with Gasteiger partial charge in [-0.2, -0.15) is 0 Å². The molecule has 80 valence electrons. The van der Waals surface area contributed by atoms with E-state index < -0.39 is 0 Å². The molecule has 1 atom stereocenters. The van der Waals surface area contributed by atoms with Crippen molar-refractivity contribution in [1.82, 2.24) is 0 Å². The number of fused-ring (bicyclic) bond motifs is 1. The Labute approximate surface area is 89.9 Å². The second kappa shape index (κ2) is 4.36. The van der Waals surface area contributed by atoms with Gasteiger partial charge >= 0.3 is 0 Å². The van der Waals surface area contributed by atoms with Gasteiger partial charge in [0.05, 0.1) is 0 Å². The number of hydrogen-bond donors (Lipinski definition) is 2. The van der Waals surface area contributed by atoms with Gasteiger partial charge in [-0.1, -0.05) is 12.1 Å². The van der Waals surface area contributed by atoms with Crippen molar-refractivity contribution in [2.75, 3.05) is 18.4 Å². The number of nitrogens with one attached hydrogen (secondary N) is 1. The van der Waals surface area contributed by atoms with E-state index in [0.717, 1.165) is 23.6 Å². The zero-order chi connectivity index (χ0) is 10.7. The summed E-state index contributed by atoms with van der Waals surface area (Å²) in [6.45, 7) is 3.32. The van der Waals surface area contributed by atoms with Crippen LogP contribution in [0.4, 0.5) is 5.69 Å². The normalized spacial score (nSPS) is 16.0. The lowest BCUT2D eigenvalue weighted by atomic mass is 10.1. The number of hydrogen-bond acceptors (Lipinski definition) is 3. The molecule has 0 aromatic heterocycles. The molecule has 0 saturated heterocycles. The molecule has 1 aliphatic heterocycles. The third-order valence-corrected chi connectivity index (χ3v) is 2.43. The van der Waals surface area contributed by atoms with Crippen molar-refractivity contribution < 1.29 is 4.74 Å². The largest absolute Gasteiger partial charge is 0.489 e. The van der Waals surface area contributed by atoms with Gasteiger partial charge in [0, 0.05) is 24.3 Å². The monoisotopic (exact) mass is 204 g/mol. The minimum absolute atomic E-state index is 0.0578. The van der Waals surface area contributed by atoms with Crippen LogP contribution in [0.1, 0.15) is 12.5 Å². The predicted octanol–water partition coefficient (Wildman–Crippen LogP) is 1.82. The van der Waals surface area contributed by atoms with Crippen molar-refractivity contribution in [1.29, 1.82) is 0 Å². The van der Waals surface area contributed by atoms with Crippen LogP contribution in [0.25, 0.3) is 5.76 Å². The fourth-order valence-electron chi connectivity index (χ4n) is 1.59. The van der Waals surface area contributed by atoms with Crippen molar-refractivity contribution in [3.05, 3.63) is 35.9 Å². The number of ether oxygens (including phenoxy) is 1. The van der Waals surface area contributed by atoms with Gasteiger partial charge in [-0.3, -0.25) is 0 Å². The lowest BCUT2D eigenvalue weighted by molar-refractivity contribution is 0.192. The Morgan fingerprint density at radius 1 is 1.47 bits per heavy atom. The van der Waals surface area contributed by atoms with Crippen LogP contribution in [0.15, 0.2) is 30.3 Å². The molecule has 1 aromatic carbocycles. The van der Waals surface area contributed by atoms with Gasteiger partial charge in [0.2, 0.25) is 0 Å². The van der Waals surface area contributed by atoms with Crippen LogP contribution in [0.5, 0.6) is 0 Å². The van der Waals surface area contributed by atoms with Gasteiger partial charge in [0.15, 0.2) is 0 Å². The van der Waals surface area contributed by atoms with Crippen LogP contribution in [0, 0.1) is 0 Å². The molecule has 1 heterocycles. The third-order valence-electron chi connectivity index (χ3n) is 2.43. The van der Waals surface area contributed by atoms with E-state index in [2.05, 4.69) is 23.5 Å². The molecule has 1 aliphatic rings. The van der Waals surface area contributed by atoms with Crippen molar-refractivity contribution in [2.45, 2.75) is 13.0 Å². The maximum Gasteiger partial charge on any atom is 0.126 e. The fourth-order valence-corrected chi connectivity index (χ4v) is 1.59. The molecule has 0 bridgehead atoms. The van der Waals surface area contributed by atoms with Crippen LogP contribution < -0.4 is 11.1 Å². The van der Waals surface area contributed by atoms with Gasteiger partial charge in [-0.05, 0) is 25.1 Å². The summed E-state index contributed by atoms with van der Waals surface area (Å²) in [6.07, 6.45) is 2.11. The van der Waals surface area contributed by atoms with E-state index in [1.165, 1.54) is 0 Å². The number of para-hydroxylation sites is 1. The van der Waals surface area contributed by atoms with Crippen LogP contribution >= 0.6 is 0 Å². The van der Waals surface area contributed by atoms with Crippen molar-refractivity contribution in [3.8, 4) is 0 Å². The first-order valence-electron chi connectivity index (χ1n) is 5.21. The second-order valence-corrected chi connectivity index (χ2v) is 3.66. The van der Waals surface area contributed by atoms with Crippen molar-refractivity contribution in [2.24, 2.45) is 5.73 Å². The molecule has 1 aromatic rings. The average Bonchev–Trinajstić information content (AvgIpc) is 2.29. The van der Waals surface area contributed by atoms with Gasteiger partial charge in [-0.25, -0.2) is 0 Å². The zero-order valence-electron chi connectivity index (χ0n) is 8.86. The molecule has 0 saturated carbocycles. The summed E-state index contributed by atoms with van der Waals surface area (Å²) in [5, 5.41) is 3.30. The van der Waals surface area contributed by atoms with Crippen molar-refractivity contribution >= 4 is 11.4 Å². The number of anilines is 1. The summed E-state index contributed by atoms with van der Waals surface area (Å²) in [7, 11) is 0. The van der Waals surface area contributed by atoms with E-state index in [1.54, 1.807) is 0 Å². The molecule has 3 N–H and O–H groups in total. The van der Waals surface area contributed by atoms with Crippen LogP contribution in [0.3, 0.4) is 0 Å². The van der Waals surface area contributed by atoms with Gasteiger partial charge < -0.3 is 15.8 Å². The lowest BCUT2D eigenvalue weighted by Gasteiger charge is -2.22. The first-order valence-corrected chi connectivity index (χ1v) is 5.21. The first-order chi connectivity index (χ1) is 7.31. The highest BCUT2D eigenvalue weighted by molar-refractivity contribution is 5.75. The molecule has 2 rings (SSSR count). The minimum Gasteiger partial charge on any atom is -0.489 e. The Morgan fingerprint density at radius 2 is 2.27 bits per heavy atom. The molecule has 3 nitrogen and oxygen atoms in total. The fraction of sp³-hybridized carbons (Fsp3) is 0.333. The van der Waals surface area contributed by atoms with Gasteiger partial charge in [-0.15, -0.1) is 0 Å². The van der Waals surface area contributed by atoms with E-state index in [4.69, 9.17) is 10.5 Å². The Balaban J connectivity index is 2.23. The summed E-state index contributed by atoms with van der Waals surface area (Å²) in [6, 6.07) is 8.13. The molecule has 3 heteroatoms. The van der Waals surface area contributed by atoms with E-state index in [0.29, 0.717) is 6.54 Å². The predicted molar refractivity (Wildman–Crippen MR) is 62.5 cm³/mol. The molecule has 1 unspecified atom stereocenters. The van der Waals surface area contributed by atoms with Crippen molar-refractivity contribution in [3.63, 3.8) is 0 Å². The Bertz CT molecular complexity index is 374. The molecular weight excluding hydrogens is 188 g/mol. The molecular formula is C12H16N2O. The molecule has 0 radical (unpaired) electrons. The Hall–Kier alpha value is -1.48.